The molecule has 0 aliphatic carbocycles. The van der Waals surface area contributed by atoms with Crippen molar-refractivity contribution in [2.75, 3.05) is 19.6 Å². The van der Waals surface area contributed by atoms with Gasteiger partial charge in [-0.1, -0.05) is 35.9 Å². The zero-order chi connectivity index (χ0) is 24.6. The fourth-order valence-corrected chi connectivity index (χ4v) is 3.95. The summed E-state index contributed by atoms with van der Waals surface area (Å²) in [7, 11) is 0. The Hall–Kier alpha value is -4.01. The number of hydrogen-bond acceptors (Lipinski definition) is 5. The van der Waals surface area contributed by atoms with Gasteiger partial charge in [0.2, 0.25) is 5.91 Å². The number of carbonyl (C=O) groups is 3. The van der Waals surface area contributed by atoms with Crippen LogP contribution in [0.2, 0.25) is 0 Å². The first-order valence-corrected chi connectivity index (χ1v) is 11.9. The van der Waals surface area contributed by atoms with Crippen LogP contribution in [0.15, 0.2) is 54.7 Å². The molecule has 0 radical (unpaired) electrons. The monoisotopic (exact) mass is 474 g/mol. The third kappa shape index (κ3) is 6.53. The van der Waals surface area contributed by atoms with E-state index in [0.29, 0.717) is 38.3 Å². The van der Waals surface area contributed by atoms with Crippen molar-refractivity contribution in [1.29, 1.82) is 0 Å². The number of amides is 3. The summed E-state index contributed by atoms with van der Waals surface area (Å²) in [6.45, 7) is 4.41. The predicted molar refractivity (Wildman–Crippen MR) is 131 cm³/mol. The van der Waals surface area contributed by atoms with Crippen molar-refractivity contribution in [2.45, 2.75) is 39.3 Å². The van der Waals surface area contributed by atoms with Crippen molar-refractivity contribution < 1.29 is 14.4 Å². The highest BCUT2D eigenvalue weighted by Crippen LogP contribution is 2.17. The molecule has 1 aliphatic rings. The summed E-state index contributed by atoms with van der Waals surface area (Å²) in [6.07, 6.45) is 3.28. The van der Waals surface area contributed by atoms with E-state index in [2.05, 4.69) is 20.7 Å². The maximum atomic E-state index is 13.1. The Balaban J connectivity index is 1.26. The molecule has 35 heavy (non-hydrogen) atoms. The molecular weight excluding hydrogens is 444 g/mol. The summed E-state index contributed by atoms with van der Waals surface area (Å²) in [5.41, 5.74) is 3.74. The van der Waals surface area contributed by atoms with Crippen LogP contribution >= 0.6 is 0 Å². The van der Waals surface area contributed by atoms with Crippen LogP contribution in [0.5, 0.6) is 0 Å². The molecule has 4 rings (SSSR count). The lowest BCUT2D eigenvalue weighted by Gasteiger charge is -2.20. The Morgan fingerprint density at radius 3 is 2.63 bits per heavy atom. The van der Waals surface area contributed by atoms with E-state index in [1.807, 2.05) is 49.4 Å². The van der Waals surface area contributed by atoms with Crippen LogP contribution in [0.25, 0.3) is 0 Å². The third-order valence-corrected chi connectivity index (χ3v) is 5.88. The zero-order valence-electron chi connectivity index (χ0n) is 19.9. The lowest BCUT2D eigenvalue weighted by molar-refractivity contribution is -0.120. The molecule has 3 aromatic rings. The lowest BCUT2D eigenvalue weighted by atomic mass is 10.1. The average Bonchev–Trinajstić information content (AvgIpc) is 3.23. The smallest absolute Gasteiger partial charge is 0.272 e. The number of fused-ring (bicyclic) bond motifs is 1. The normalized spacial score (nSPS) is 13.2. The van der Waals surface area contributed by atoms with E-state index in [1.165, 1.54) is 11.6 Å². The van der Waals surface area contributed by atoms with Gasteiger partial charge in [0, 0.05) is 63.5 Å². The number of aromatic nitrogens is 3. The van der Waals surface area contributed by atoms with Crippen molar-refractivity contribution in [1.82, 2.24) is 30.3 Å². The van der Waals surface area contributed by atoms with E-state index >= 15 is 0 Å². The summed E-state index contributed by atoms with van der Waals surface area (Å²) in [5.74, 6) is -0.685. The number of hydrogen-bond donors (Lipinski definition) is 2. The second kappa shape index (κ2) is 11.4. The number of benzene rings is 1. The molecule has 9 nitrogen and oxygen atoms in total. The van der Waals surface area contributed by atoms with E-state index in [0.717, 1.165) is 17.7 Å². The molecule has 1 aliphatic heterocycles. The van der Waals surface area contributed by atoms with E-state index in [9.17, 15) is 14.4 Å². The SMILES string of the molecule is Cc1ccc(CN2CCCn3nc(C(=O)NCCC(=O)NCCc4ccccn4)cc3C2=O)cc1. The number of aryl methyl sites for hydroxylation is 2. The summed E-state index contributed by atoms with van der Waals surface area (Å²) in [6, 6.07) is 15.3. The van der Waals surface area contributed by atoms with Crippen LogP contribution in [0, 0.1) is 6.92 Å². The first-order chi connectivity index (χ1) is 17.0. The summed E-state index contributed by atoms with van der Waals surface area (Å²) in [4.78, 5) is 43.8. The van der Waals surface area contributed by atoms with Gasteiger partial charge in [-0.2, -0.15) is 5.10 Å². The minimum atomic E-state index is -0.398. The largest absolute Gasteiger partial charge is 0.356 e. The molecule has 0 fully saturated rings. The van der Waals surface area contributed by atoms with E-state index in [-0.39, 0.29) is 30.5 Å². The maximum Gasteiger partial charge on any atom is 0.272 e. The molecule has 3 heterocycles. The standard InChI is InChI=1S/C26H30N6O3/c1-19-6-8-20(9-7-19)18-31-15-4-16-32-23(26(31)35)17-22(30-32)25(34)29-14-11-24(33)28-13-10-21-5-2-3-12-27-21/h2-3,5-9,12,17H,4,10-11,13-16,18H2,1H3,(H,28,33)(H,29,34). The Bertz CT molecular complexity index is 1170. The molecule has 1 aromatic carbocycles. The highest BCUT2D eigenvalue weighted by molar-refractivity contribution is 5.98. The minimum Gasteiger partial charge on any atom is -0.356 e. The van der Waals surface area contributed by atoms with Crippen LogP contribution in [0.1, 0.15) is 50.6 Å². The Morgan fingerprint density at radius 2 is 1.86 bits per heavy atom. The molecule has 3 amide bonds. The van der Waals surface area contributed by atoms with Gasteiger partial charge in [-0.25, -0.2) is 0 Å². The van der Waals surface area contributed by atoms with Crippen molar-refractivity contribution in [3.63, 3.8) is 0 Å². The molecule has 0 saturated heterocycles. The zero-order valence-corrected chi connectivity index (χ0v) is 19.9. The first kappa shape index (κ1) is 24.1. The van der Waals surface area contributed by atoms with Gasteiger partial charge in [0.25, 0.3) is 11.8 Å². The van der Waals surface area contributed by atoms with Gasteiger partial charge in [0.05, 0.1) is 0 Å². The fourth-order valence-electron chi connectivity index (χ4n) is 3.95. The third-order valence-electron chi connectivity index (χ3n) is 5.88. The molecule has 0 saturated carbocycles. The number of nitrogens with one attached hydrogen (secondary N) is 2. The second-order valence-corrected chi connectivity index (χ2v) is 8.63. The Kier molecular flexibility index (Phi) is 7.87. The molecular formula is C26H30N6O3. The van der Waals surface area contributed by atoms with Gasteiger partial charge in [0.1, 0.15) is 5.69 Å². The molecule has 0 atom stereocenters. The highest BCUT2D eigenvalue weighted by atomic mass is 16.2. The minimum absolute atomic E-state index is 0.137. The van der Waals surface area contributed by atoms with Crippen LogP contribution in [0.3, 0.4) is 0 Å². The first-order valence-electron chi connectivity index (χ1n) is 11.9. The average molecular weight is 475 g/mol. The van der Waals surface area contributed by atoms with Crippen LogP contribution in [0.4, 0.5) is 0 Å². The Morgan fingerprint density at radius 1 is 1.03 bits per heavy atom. The number of pyridine rings is 1. The van der Waals surface area contributed by atoms with Crippen molar-refractivity contribution >= 4 is 17.7 Å². The van der Waals surface area contributed by atoms with Crippen LogP contribution < -0.4 is 10.6 Å². The molecule has 0 bridgehead atoms. The summed E-state index contributed by atoms with van der Waals surface area (Å²) in [5, 5.41) is 9.89. The topological polar surface area (TPSA) is 109 Å². The van der Waals surface area contributed by atoms with Crippen LogP contribution in [-0.4, -0.2) is 57.0 Å². The van der Waals surface area contributed by atoms with E-state index in [1.54, 1.807) is 15.8 Å². The fraction of sp³-hybridized carbons (Fsp3) is 0.346. The molecule has 2 aromatic heterocycles. The molecule has 9 heteroatoms. The number of rotatable bonds is 9. The van der Waals surface area contributed by atoms with Gasteiger partial charge >= 0.3 is 0 Å². The van der Waals surface area contributed by atoms with E-state index in [4.69, 9.17) is 0 Å². The van der Waals surface area contributed by atoms with Crippen molar-refractivity contribution in [3.05, 3.63) is 82.9 Å². The van der Waals surface area contributed by atoms with Crippen LogP contribution in [-0.2, 0) is 24.3 Å². The van der Waals surface area contributed by atoms with Gasteiger partial charge in [0.15, 0.2) is 5.69 Å². The molecule has 2 N–H and O–H groups in total. The number of nitrogens with zero attached hydrogens (tertiary/aromatic N) is 4. The van der Waals surface area contributed by atoms with E-state index < -0.39 is 5.91 Å². The molecule has 0 spiro atoms. The molecule has 0 unspecified atom stereocenters. The van der Waals surface area contributed by atoms with Gasteiger partial charge in [-0.15, -0.1) is 0 Å². The lowest BCUT2D eigenvalue weighted by Crippen LogP contribution is -2.32. The maximum absolute atomic E-state index is 13.1. The highest BCUT2D eigenvalue weighted by Gasteiger charge is 2.26. The Labute approximate surface area is 204 Å². The summed E-state index contributed by atoms with van der Waals surface area (Å²) >= 11 is 0. The predicted octanol–water partition coefficient (Wildman–Crippen LogP) is 2.11. The molecule has 182 valence electrons. The van der Waals surface area contributed by atoms with Gasteiger partial charge in [-0.05, 0) is 31.0 Å². The number of carbonyl (C=O) groups excluding carboxylic acids is 3. The van der Waals surface area contributed by atoms with Crippen molar-refractivity contribution in [3.8, 4) is 0 Å². The second-order valence-electron chi connectivity index (χ2n) is 8.63. The quantitative estimate of drug-likeness (QED) is 0.494. The van der Waals surface area contributed by atoms with Gasteiger partial charge < -0.3 is 15.5 Å². The van der Waals surface area contributed by atoms with Crippen molar-refractivity contribution in [2.24, 2.45) is 0 Å². The summed E-state index contributed by atoms with van der Waals surface area (Å²) < 4.78 is 1.61. The van der Waals surface area contributed by atoms with Gasteiger partial charge in [-0.3, -0.25) is 24.0 Å².